The molecule has 12 nitrogen and oxygen atoms in total. The fourth-order valence-electron chi connectivity index (χ4n) is 4.90. The van der Waals surface area contributed by atoms with Crippen LogP contribution in [-0.4, -0.2) is 19.8 Å². The molecule has 0 fully saturated rings. The van der Waals surface area contributed by atoms with Crippen LogP contribution < -0.4 is 11.1 Å². The lowest BCUT2D eigenvalue weighted by Crippen LogP contribution is -1.99. The first-order valence-electron chi connectivity index (χ1n) is 14.0. The number of furan rings is 2. The zero-order valence-corrected chi connectivity index (χ0v) is 25.0. The summed E-state index contributed by atoms with van der Waals surface area (Å²) in [5.41, 5.74) is 10.0. The summed E-state index contributed by atoms with van der Waals surface area (Å²) in [5.74, 6) is 0.186. The maximum atomic E-state index is 11.1. The molecule has 4 aromatic heterocycles. The van der Waals surface area contributed by atoms with Gasteiger partial charge in [-0.15, -0.1) is 0 Å². The van der Waals surface area contributed by atoms with Gasteiger partial charge in [-0.05, 0) is 36.4 Å². The van der Waals surface area contributed by atoms with Crippen LogP contribution in [0, 0.1) is 20.2 Å². The lowest BCUT2D eigenvalue weighted by atomic mass is 10.1. The van der Waals surface area contributed by atoms with E-state index in [1.54, 1.807) is 0 Å². The van der Waals surface area contributed by atoms with Crippen molar-refractivity contribution in [3.63, 3.8) is 0 Å². The number of nitro groups is 2. The molecule has 4 heterocycles. The minimum absolute atomic E-state index is 0. The lowest BCUT2D eigenvalue weighted by molar-refractivity contribution is -0.385. The van der Waals surface area contributed by atoms with E-state index in [0.717, 1.165) is 38.3 Å². The van der Waals surface area contributed by atoms with E-state index in [0.29, 0.717) is 17.0 Å². The van der Waals surface area contributed by atoms with Crippen LogP contribution in [-0.2, 0) is 0 Å². The molecule has 8 rings (SSSR count). The van der Waals surface area contributed by atoms with Gasteiger partial charge in [0.05, 0.1) is 21.2 Å². The van der Waals surface area contributed by atoms with Gasteiger partial charge in [0.15, 0.2) is 11.2 Å². The largest absolute Gasteiger partial charge is 0.454 e. The summed E-state index contributed by atoms with van der Waals surface area (Å²) < 4.78 is 11.6. The smallest absolute Gasteiger partial charge is 0.311 e. The van der Waals surface area contributed by atoms with Crippen molar-refractivity contribution in [2.75, 3.05) is 11.1 Å². The van der Waals surface area contributed by atoms with Gasteiger partial charge in [0.1, 0.15) is 11.2 Å². The molecule has 13 heteroatoms. The van der Waals surface area contributed by atoms with Crippen LogP contribution in [0.15, 0.2) is 130 Å². The number of nitrogens with one attached hydrogen (secondary N) is 1. The molecule has 0 aliphatic rings. The van der Waals surface area contributed by atoms with Crippen molar-refractivity contribution in [2.45, 2.75) is 22.3 Å². The van der Waals surface area contributed by atoms with E-state index in [4.69, 9.17) is 26.2 Å². The molecular weight excluding hydrogens is 660 g/mol. The number of pyridine rings is 2. The van der Waals surface area contributed by atoms with Crippen LogP contribution in [0.3, 0.4) is 0 Å². The highest BCUT2D eigenvalue weighted by Gasteiger charge is 2.17. The van der Waals surface area contributed by atoms with Crippen LogP contribution in [0.2, 0.25) is 5.15 Å². The van der Waals surface area contributed by atoms with Crippen molar-refractivity contribution < 1.29 is 18.7 Å². The van der Waals surface area contributed by atoms with E-state index in [9.17, 15) is 20.2 Å². The zero-order chi connectivity index (χ0) is 32.9. The number of halogens is 1. The Morgan fingerprint density at radius 2 is 1.10 bits per heavy atom. The average molecular weight is 695 g/mol. The number of nitrogens with two attached hydrogens (primary N) is 1. The van der Waals surface area contributed by atoms with Crippen LogP contribution >= 0.6 is 11.6 Å². The molecule has 0 atom stereocenters. The summed E-state index contributed by atoms with van der Waals surface area (Å²) in [6.45, 7) is 0. The molecule has 0 bridgehead atoms. The highest BCUT2D eigenvalue weighted by Crippen LogP contribution is 2.36. The zero-order valence-electron chi connectivity index (χ0n) is 24.2. The molecule has 0 aliphatic carbocycles. The van der Waals surface area contributed by atoms with Crippen molar-refractivity contribution in [3.8, 4) is 0 Å². The topological polar surface area (TPSA) is 176 Å². The van der Waals surface area contributed by atoms with Gasteiger partial charge in [0.25, 0.3) is 0 Å². The van der Waals surface area contributed by atoms with E-state index < -0.39 is 9.85 Å². The molecule has 8 aromatic rings. The third-order valence-electron chi connectivity index (χ3n) is 7.01. The molecule has 0 aliphatic heterocycles. The number of hydrogen-bond acceptors (Lipinski definition) is 10. The summed E-state index contributed by atoms with van der Waals surface area (Å²) in [7, 11) is 0. The van der Waals surface area contributed by atoms with Crippen LogP contribution in [0.1, 0.15) is 22.3 Å². The van der Waals surface area contributed by atoms with Gasteiger partial charge in [-0.1, -0.05) is 94.5 Å². The number of nitrogens with zero attached hydrogens (tertiary/aromatic N) is 4. The van der Waals surface area contributed by atoms with Crippen molar-refractivity contribution in [1.29, 1.82) is 0 Å². The van der Waals surface area contributed by atoms with Gasteiger partial charge >= 0.3 is 11.4 Å². The van der Waals surface area contributed by atoms with Gasteiger partial charge in [-0.2, -0.15) is 0 Å². The Hall–Kier alpha value is -6.53. The molecule has 0 saturated carbocycles. The highest BCUT2D eigenvalue weighted by molar-refractivity contribution is 6.31. The second-order valence-corrected chi connectivity index (χ2v) is 10.3. The molecule has 0 radical (unpaired) electrons. The molecule has 0 saturated heterocycles. The molecule has 0 amide bonds. The summed E-state index contributed by atoms with van der Waals surface area (Å²) in [5, 5.41) is 28.3. The highest BCUT2D eigenvalue weighted by atomic mass is 35.5. The molecule has 4 aromatic carbocycles. The van der Waals surface area contributed by atoms with E-state index in [1.165, 1.54) is 36.7 Å². The normalized spacial score (nSPS) is 10.0. The average Bonchev–Trinajstić information content (AvgIpc) is 3.66. The number of nitrogen functional groups attached to an aromatic ring is 1. The van der Waals surface area contributed by atoms with Gasteiger partial charge < -0.3 is 19.9 Å². The van der Waals surface area contributed by atoms with E-state index in [1.807, 2.05) is 84.9 Å². The predicted molar refractivity (Wildman–Crippen MR) is 202 cm³/mol. The summed E-state index contributed by atoms with van der Waals surface area (Å²) in [6.07, 6.45) is 2.91. The number of aromatic nitrogens is 2. The Morgan fingerprint density at radius 3 is 1.68 bits per heavy atom. The molecule has 50 heavy (non-hydrogen) atoms. The standard InChI is InChI=1S/C17H11N3O3.C12H9NO.C5H3ClN2O2.3CH4/c21-20(22)14-8-4-10-18-17(14)19-13-7-3-6-12-11-5-1-2-9-15(11)23-16(12)13;13-10-6-3-5-9-8-4-1-2-7-11(8)14-12(9)10;6-5-4(8(9)10)2-1-3-7-5;;;/h1-10H,(H,18,19);1-7H,13H2;1-3H;3*1H4. The van der Waals surface area contributed by atoms with Crippen molar-refractivity contribution in [3.05, 3.63) is 147 Å². The van der Waals surface area contributed by atoms with Crippen molar-refractivity contribution in [2.24, 2.45) is 0 Å². The molecule has 3 N–H and O–H groups in total. The Bertz CT molecular complexity index is 2410. The SMILES string of the molecule is C.C.C.Nc1cccc2c1oc1ccccc12.O=[N+]([O-])c1cccnc1Cl.O=[N+]([O-])c1cccnc1Nc1cccc2c1oc1ccccc12. The van der Waals surface area contributed by atoms with E-state index in [-0.39, 0.29) is 44.6 Å². The van der Waals surface area contributed by atoms with Crippen LogP contribution in [0.25, 0.3) is 43.9 Å². The third kappa shape index (κ3) is 7.77. The summed E-state index contributed by atoms with van der Waals surface area (Å²) in [4.78, 5) is 27.8. The minimum atomic E-state index is -0.574. The van der Waals surface area contributed by atoms with Crippen LogP contribution in [0.4, 0.5) is 28.6 Å². The van der Waals surface area contributed by atoms with Gasteiger partial charge in [0, 0.05) is 46.1 Å². The second kappa shape index (κ2) is 16.5. The number of fused-ring (bicyclic) bond motifs is 6. The number of hydrogen-bond donors (Lipinski definition) is 2. The monoisotopic (exact) mass is 694 g/mol. The lowest BCUT2D eigenvalue weighted by Gasteiger charge is -2.06. The Labute approximate surface area is 292 Å². The van der Waals surface area contributed by atoms with E-state index >= 15 is 0 Å². The fourth-order valence-corrected chi connectivity index (χ4v) is 5.08. The number of para-hydroxylation sites is 4. The molecular formula is C37H35ClN6O6. The fraction of sp³-hybridized carbons (Fsp3) is 0.0811. The van der Waals surface area contributed by atoms with Crippen molar-refractivity contribution in [1.82, 2.24) is 9.97 Å². The summed E-state index contributed by atoms with van der Waals surface area (Å²) in [6, 6.07) is 32.8. The van der Waals surface area contributed by atoms with Crippen LogP contribution in [0.5, 0.6) is 0 Å². The Kier molecular flexibility index (Phi) is 12.5. The first-order chi connectivity index (χ1) is 22.8. The molecule has 0 spiro atoms. The van der Waals surface area contributed by atoms with Crippen molar-refractivity contribution >= 4 is 84.0 Å². The Balaban J connectivity index is 0.000000215. The van der Waals surface area contributed by atoms with Gasteiger partial charge in [0.2, 0.25) is 11.0 Å². The molecule has 0 unspecified atom stereocenters. The van der Waals surface area contributed by atoms with Gasteiger partial charge in [-0.25, -0.2) is 9.97 Å². The molecule has 256 valence electrons. The first-order valence-corrected chi connectivity index (χ1v) is 14.4. The maximum absolute atomic E-state index is 11.1. The van der Waals surface area contributed by atoms with Gasteiger partial charge in [-0.3, -0.25) is 20.2 Å². The third-order valence-corrected chi connectivity index (χ3v) is 7.30. The number of benzene rings is 4. The number of rotatable bonds is 4. The first kappa shape index (κ1) is 37.9. The Morgan fingerprint density at radius 1 is 0.600 bits per heavy atom. The summed E-state index contributed by atoms with van der Waals surface area (Å²) >= 11 is 5.37. The maximum Gasteiger partial charge on any atom is 0.311 e. The van der Waals surface area contributed by atoms with E-state index in [2.05, 4.69) is 15.3 Å². The predicted octanol–water partition coefficient (Wildman–Crippen LogP) is 11.4. The second-order valence-electron chi connectivity index (χ2n) is 9.93. The quantitative estimate of drug-likeness (QED) is 0.0779. The number of anilines is 3. The minimum Gasteiger partial charge on any atom is -0.454 e.